The van der Waals surface area contributed by atoms with Crippen molar-refractivity contribution in [1.82, 2.24) is 0 Å². The molecular formula is C32H44N2. The summed E-state index contributed by atoms with van der Waals surface area (Å²) in [7, 11) is 0. The van der Waals surface area contributed by atoms with Gasteiger partial charge >= 0.3 is 0 Å². The number of aliphatic imine (C=N–C) groups is 2. The van der Waals surface area contributed by atoms with Crippen molar-refractivity contribution in [1.29, 1.82) is 0 Å². The molecule has 4 unspecified atom stereocenters. The quantitative estimate of drug-likeness (QED) is 0.373. The van der Waals surface area contributed by atoms with Gasteiger partial charge in [0.1, 0.15) is 0 Å². The van der Waals surface area contributed by atoms with Gasteiger partial charge in [-0.25, -0.2) is 0 Å². The van der Waals surface area contributed by atoms with Gasteiger partial charge in [-0.3, -0.25) is 9.98 Å². The van der Waals surface area contributed by atoms with Gasteiger partial charge in [-0.2, -0.15) is 0 Å². The van der Waals surface area contributed by atoms with Crippen LogP contribution in [0.25, 0.3) is 0 Å². The van der Waals surface area contributed by atoms with E-state index in [1.807, 2.05) is 0 Å². The van der Waals surface area contributed by atoms with Crippen LogP contribution in [0, 0.1) is 5.92 Å². The molecule has 0 radical (unpaired) electrons. The summed E-state index contributed by atoms with van der Waals surface area (Å²) in [5, 5.41) is 0. The van der Waals surface area contributed by atoms with Crippen molar-refractivity contribution in [2.24, 2.45) is 15.9 Å². The van der Waals surface area contributed by atoms with E-state index in [1.54, 1.807) is 0 Å². The Kier molecular flexibility index (Phi) is 8.48. The van der Waals surface area contributed by atoms with Gasteiger partial charge in [0.2, 0.25) is 0 Å². The standard InChI is InChI=1S/C32H44N2/c1-2-11-17-23-29-30(24-18-12-3-1)34-32-28-22-16-10-6-9-14-20-26(28)25-19-13-7-4-5-8-15-21-27(25)31(32)33-29/h4-5,7-8,13,15,19,21,26,28-30H,1-3,6,9-12,14,16-18,20,22-24H2. The second kappa shape index (κ2) is 12.1. The summed E-state index contributed by atoms with van der Waals surface area (Å²) in [6.45, 7) is 0. The SMILES string of the molecule is c1ccccc2c(ccc1)C1=NC3CCCCCCCCCC3N=C1C1CCCCCCCC21. The highest BCUT2D eigenvalue weighted by molar-refractivity contribution is 6.50. The summed E-state index contributed by atoms with van der Waals surface area (Å²) in [4.78, 5) is 11.3. The maximum Gasteiger partial charge on any atom is 0.0867 e. The van der Waals surface area contributed by atoms with Crippen molar-refractivity contribution in [2.45, 2.75) is 121 Å². The largest absolute Gasteiger partial charge is 0.282 e. The molecule has 0 aromatic heterocycles. The minimum Gasteiger partial charge on any atom is -0.282 e. The molecule has 0 N–H and O–H groups in total. The first-order valence-corrected chi connectivity index (χ1v) is 14.5. The fourth-order valence-electron chi connectivity index (χ4n) is 6.88. The Morgan fingerprint density at radius 1 is 0.471 bits per heavy atom. The van der Waals surface area contributed by atoms with Crippen molar-refractivity contribution in [3.05, 3.63) is 59.7 Å². The molecule has 1 aromatic carbocycles. The summed E-state index contributed by atoms with van der Waals surface area (Å²) in [5.41, 5.74) is 5.53. The zero-order valence-electron chi connectivity index (χ0n) is 21.1. The Bertz CT molecular complexity index is 928. The fraction of sp³-hybridized carbons (Fsp3) is 0.625. The third-order valence-corrected chi connectivity index (χ3v) is 8.71. The highest BCUT2D eigenvalue weighted by Crippen LogP contribution is 2.43. The molecule has 1 aliphatic heterocycles. The van der Waals surface area contributed by atoms with Crippen molar-refractivity contribution in [2.75, 3.05) is 0 Å². The van der Waals surface area contributed by atoms with Crippen molar-refractivity contribution >= 4 is 11.4 Å². The lowest BCUT2D eigenvalue weighted by molar-refractivity contribution is 0.424. The summed E-state index contributed by atoms with van der Waals surface area (Å²) >= 11 is 0. The Labute approximate surface area is 207 Å². The van der Waals surface area contributed by atoms with E-state index in [4.69, 9.17) is 9.98 Å². The maximum atomic E-state index is 5.67. The van der Waals surface area contributed by atoms with Gasteiger partial charge in [-0.15, -0.1) is 0 Å². The zero-order chi connectivity index (χ0) is 23.0. The molecule has 0 spiro atoms. The second-order valence-electron chi connectivity index (χ2n) is 11.1. The molecule has 182 valence electrons. The zero-order valence-corrected chi connectivity index (χ0v) is 21.1. The van der Waals surface area contributed by atoms with E-state index in [9.17, 15) is 0 Å². The number of hydrogen-bond acceptors (Lipinski definition) is 2. The van der Waals surface area contributed by atoms with Gasteiger partial charge in [0.05, 0.1) is 23.5 Å². The molecule has 2 fully saturated rings. The van der Waals surface area contributed by atoms with Gasteiger partial charge in [-0.1, -0.05) is 126 Å². The summed E-state index contributed by atoms with van der Waals surface area (Å²) in [6, 6.07) is 18.6. The average molecular weight is 457 g/mol. The normalized spacial score (nSPS) is 30.0. The minimum absolute atomic E-state index is 0.377. The van der Waals surface area contributed by atoms with E-state index >= 15 is 0 Å². The molecule has 4 atom stereocenters. The van der Waals surface area contributed by atoms with E-state index in [2.05, 4.69) is 48.5 Å². The summed E-state index contributed by atoms with van der Waals surface area (Å²) in [5.74, 6) is 1.14. The number of nitrogens with zero attached hydrogens (tertiary/aromatic N) is 2. The van der Waals surface area contributed by atoms with Crippen LogP contribution in [0.4, 0.5) is 0 Å². The molecule has 1 aromatic rings. The summed E-state index contributed by atoms with van der Waals surface area (Å²) < 4.78 is 0. The smallest absolute Gasteiger partial charge is 0.0867 e. The van der Waals surface area contributed by atoms with E-state index in [0.29, 0.717) is 23.9 Å². The highest BCUT2D eigenvalue weighted by atomic mass is 15.0. The van der Waals surface area contributed by atoms with Gasteiger partial charge in [0.25, 0.3) is 0 Å². The molecule has 0 amide bonds. The average Bonchev–Trinajstić information content (AvgIpc) is 2.94. The number of rotatable bonds is 0. The fourth-order valence-corrected chi connectivity index (χ4v) is 6.88. The van der Waals surface area contributed by atoms with Gasteiger partial charge < -0.3 is 0 Å². The predicted octanol–water partition coefficient (Wildman–Crippen LogP) is 8.77. The lowest BCUT2D eigenvalue weighted by atomic mass is 9.69. The Balaban J connectivity index is 1.61. The van der Waals surface area contributed by atoms with Crippen molar-refractivity contribution < 1.29 is 0 Å². The van der Waals surface area contributed by atoms with E-state index in [-0.39, 0.29) is 0 Å². The van der Waals surface area contributed by atoms with E-state index < -0.39 is 0 Å². The molecule has 3 aliphatic carbocycles. The number of fused-ring (bicyclic) bond motifs is 7. The first-order valence-electron chi connectivity index (χ1n) is 14.5. The third-order valence-electron chi connectivity index (χ3n) is 8.71. The maximum absolute atomic E-state index is 5.67. The molecule has 4 aliphatic rings. The van der Waals surface area contributed by atoms with Crippen LogP contribution < -0.4 is 0 Å². The first-order chi connectivity index (χ1) is 16.9. The first kappa shape index (κ1) is 23.8. The van der Waals surface area contributed by atoms with Crippen LogP contribution in [0.5, 0.6) is 0 Å². The van der Waals surface area contributed by atoms with Crippen LogP contribution in [0.2, 0.25) is 0 Å². The van der Waals surface area contributed by atoms with E-state index in [0.717, 1.165) is 0 Å². The number of hydrogen-bond donors (Lipinski definition) is 0. The Morgan fingerprint density at radius 2 is 0.971 bits per heavy atom. The highest BCUT2D eigenvalue weighted by Gasteiger charge is 2.40. The van der Waals surface area contributed by atoms with Crippen LogP contribution >= 0.6 is 0 Å². The van der Waals surface area contributed by atoms with Crippen LogP contribution in [0.3, 0.4) is 0 Å². The molecule has 0 bridgehead atoms. The molecule has 0 saturated heterocycles. The molecule has 1 heterocycles. The van der Waals surface area contributed by atoms with Crippen LogP contribution in [0.15, 0.2) is 58.5 Å². The molecule has 2 nitrogen and oxygen atoms in total. The van der Waals surface area contributed by atoms with Crippen molar-refractivity contribution in [3.63, 3.8) is 0 Å². The third kappa shape index (κ3) is 5.64. The minimum atomic E-state index is 0.377. The van der Waals surface area contributed by atoms with Gasteiger partial charge in [0, 0.05) is 11.5 Å². The van der Waals surface area contributed by atoms with Gasteiger partial charge in [0.15, 0.2) is 0 Å². The molecule has 5 rings (SSSR count). The van der Waals surface area contributed by atoms with E-state index in [1.165, 1.54) is 125 Å². The van der Waals surface area contributed by atoms with Crippen LogP contribution in [-0.4, -0.2) is 23.5 Å². The monoisotopic (exact) mass is 456 g/mol. The van der Waals surface area contributed by atoms with Crippen LogP contribution in [0.1, 0.15) is 120 Å². The lowest BCUT2D eigenvalue weighted by Crippen LogP contribution is -2.42. The molecule has 2 saturated carbocycles. The van der Waals surface area contributed by atoms with Crippen molar-refractivity contribution in [3.8, 4) is 0 Å². The Morgan fingerprint density at radius 3 is 1.65 bits per heavy atom. The second-order valence-corrected chi connectivity index (χ2v) is 11.1. The van der Waals surface area contributed by atoms with Crippen LogP contribution in [-0.2, 0) is 0 Å². The Hall–Kier alpha value is -1.96. The molecular weight excluding hydrogens is 412 g/mol. The lowest BCUT2D eigenvalue weighted by Gasteiger charge is -2.39. The van der Waals surface area contributed by atoms with Gasteiger partial charge in [-0.05, 0) is 37.2 Å². The predicted molar refractivity (Wildman–Crippen MR) is 146 cm³/mol. The molecule has 2 heteroatoms. The topological polar surface area (TPSA) is 24.7 Å². The summed E-state index contributed by atoms with van der Waals surface area (Å²) in [6.07, 6.45) is 21.4. The molecule has 34 heavy (non-hydrogen) atoms.